The van der Waals surface area contributed by atoms with Gasteiger partial charge < -0.3 is 19.7 Å². The number of carbonyl (C=O) groups excluding carboxylic acids is 2. The molecule has 6 heteroatoms. The third-order valence-electron chi connectivity index (χ3n) is 5.76. The number of para-hydroxylation sites is 2. The van der Waals surface area contributed by atoms with Crippen molar-refractivity contribution >= 4 is 17.5 Å². The molecule has 32 heavy (non-hydrogen) atoms. The largest absolute Gasteiger partial charge is 0.497 e. The van der Waals surface area contributed by atoms with Crippen LogP contribution in [0.5, 0.6) is 11.5 Å². The number of carbonyl (C=O) groups is 2. The zero-order valence-corrected chi connectivity index (χ0v) is 18.4. The van der Waals surface area contributed by atoms with Gasteiger partial charge in [-0.3, -0.25) is 9.59 Å². The Morgan fingerprint density at radius 1 is 1.00 bits per heavy atom. The van der Waals surface area contributed by atoms with Crippen molar-refractivity contribution in [3.8, 4) is 11.5 Å². The zero-order valence-electron chi connectivity index (χ0n) is 18.4. The lowest BCUT2D eigenvalue weighted by atomic mass is 9.79. The van der Waals surface area contributed by atoms with E-state index in [-0.39, 0.29) is 11.8 Å². The van der Waals surface area contributed by atoms with Crippen LogP contribution in [-0.4, -0.2) is 37.5 Å². The lowest BCUT2D eigenvalue weighted by Crippen LogP contribution is -2.44. The predicted octanol–water partition coefficient (Wildman–Crippen LogP) is 4.64. The minimum atomic E-state index is -0.600. The van der Waals surface area contributed by atoms with Crippen LogP contribution < -0.4 is 14.8 Å². The van der Waals surface area contributed by atoms with Gasteiger partial charge in [0.2, 0.25) is 5.91 Å². The van der Waals surface area contributed by atoms with E-state index >= 15 is 0 Å². The molecule has 0 unspecified atom stereocenters. The first-order chi connectivity index (χ1) is 15.5. The van der Waals surface area contributed by atoms with Crippen LogP contribution in [0, 0.1) is 0 Å². The van der Waals surface area contributed by atoms with Gasteiger partial charge in [0.15, 0.2) is 0 Å². The Morgan fingerprint density at radius 3 is 2.41 bits per heavy atom. The number of benzene rings is 3. The third-order valence-corrected chi connectivity index (χ3v) is 5.76. The first kappa shape index (κ1) is 21.4. The highest BCUT2D eigenvalue weighted by Gasteiger charge is 2.42. The minimum absolute atomic E-state index is 0.111. The Labute approximate surface area is 187 Å². The van der Waals surface area contributed by atoms with E-state index in [1.807, 2.05) is 73.7 Å². The number of likely N-dealkylation sites (N-methyl/N-ethyl adjacent to an activating group) is 1. The minimum Gasteiger partial charge on any atom is -0.497 e. The Balaban J connectivity index is 1.78. The third kappa shape index (κ3) is 3.91. The summed E-state index contributed by atoms with van der Waals surface area (Å²) in [7, 11) is 3.34. The lowest BCUT2D eigenvalue weighted by molar-refractivity contribution is -0.119. The van der Waals surface area contributed by atoms with Crippen molar-refractivity contribution in [2.75, 3.05) is 26.1 Å². The smallest absolute Gasteiger partial charge is 0.254 e. The van der Waals surface area contributed by atoms with Gasteiger partial charge in [-0.1, -0.05) is 42.5 Å². The number of fused-ring (bicyclic) bond motifs is 1. The van der Waals surface area contributed by atoms with Gasteiger partial charge >= 0.3 is 0 Å². The highest BCUT2D eigenvalue weighted by Crippen LogP contribution is 2.43. The highest BCUT2D eigenvalue weighted by molar-refractivity contribution is 6.04. The molecule has 1 aliphatic rings. The molecule has 1 aliphatic heterocycles. The molecule has 0 spiro atoms. The molecule has 2 atom stereocenters. The number of methoxy groups -OCH3 is 1. The van der Waals surface area contributed by atoms with Gasteiger partial charge in [-0.05, 0) is 48.4 Å². The molecular formula is C26H26N2O4. The second-order valence-corrected chi connectivity index (χ2v) is 7.62. The highest BCUT2D eigenvalue weighted by atomic mass is 16.5. The van der Waals surface area contributed by atoms with Crippen molar-refractivity contribution in [1.29, 1.82) is 0 Å². The van der Waals surface area contributed by atoms with E-state index in [1.165, 1.54) is 0 Å². The fourth-order valence-corrected chi connectivity index (χ4v) is 4.24. The summed E-state index contributed by atoms with van der Waals surface area (Å²) in [5, 5.41) is 3.04. The molecule has 1 heterocycles. The summed E-state index contributed by atoms with van der Waals surface area (Å²) < 4.78 is 11.0. The van der Waals surface area contributed by atoms with E-state index < -0.39 is 12.0 Å². The number of nitrogens with zero attached hydrogens (tertiary/aromatic N) is 1. The normalized spacial score (nSPS) is 17.5. The van der Waals surface area contributed by atoms with E-state index in [2.05, 4.69) is 5.32 Å². The molecule has 0 bridgehead atoms. The molecule has 2 amide bonds. The van der Waals surface area contributed by atoms with E-state index in [9.17, 15) is 9.59 Å². The van der Waals surface area contributed by atoms with Crippen LogP contribution in [0.25, 0.3) is 0 Å². The molecular weight excluding hydrogens is 404 g/mol. The topological polar surface area (TPSA) is 67.9 Å². The van der Waals surface area contributed by atoms with Crippen molar-refractivity contribution < 1.29 is 19.1 Å². The van der Waals surface area contributed by atoms with Gasteiger partial charge in [-0.25, -0.2) is 0 Å². The Bertz CT molecular complexity index is 1130. The Kier molecular flexibility index (Phi) is 6.12. The van der Waals surface area contributed by atoms with Gasteiger partial charge in [0.1, 0.15) is 11.5 Å². The molecule has 3 aromatic rings. The maximum absolute atomic E-state index is 13.7. The predicted molar refractivity (Wildman–Crippen MR) is 123 cm³/mol. The molecule has 3 aromatic carbocycles. The van der Waals surface area contributed by atoms with Gasteiger partial charge in [0.05, 0.1) is 31.4 Å². The van der Waals surface area contributed by atoms with E-state index in [1.54, 1.807) is 25.1 Å². The quantitative estimate of drug-likeness (QED) is 0.619. The molecule has 1 N–H and O–H groups in total. The molecule has 0 aliphatic carbocycles. The number of hydrogen-bond donors (Lipinski definition) is 1. The number of nitrogens with one attached hydrogen (secondary N) is 1. The van der Waals surface area contributed by atoms with Crippen LogP contribution in [0.15, 0.2) is 72.8 Å². The van der Waals surface area contributed by atoms with Crippen LogP contribution in [0.4, 0.5) is 5.69 Å². The molecule has 0 radical (unpaired) electrons. The average molecular weight is 431 g/mol. The van der Waals surface area contributed by atoms with Crippen LogP contribution in [-0.2, 0) is 4.79 Å². The van der Waals surface area contributed by atoms with Crippen LogP contribution >= 0.6 is 0 Å². The average Bonchev–Trinajstić information content (AvgIpc) is 2.82. The molecule has 0 saturated heterocycles. The fourth-order valence-electron chi connectivity index (χ4n) is 4.24. The summed E-state index contributed by atoms with van der Waals surface area (Å²) in [6, 6.07) is 21.7. The summed E-state index contributed by atoms with van der Waals surface area (Å²) in [4.78, 5) is 28.5. The van der Waals surface area contributed by atoms with Crippen molar-refractivity contribution in [2.45, 2.75) is 18.9 Å². The first-order valence-electron chi connectivity index (χ1n) is 10.6. The summed E-state index contributed by atoms with van der Waals surface area (Å²) in [6.07, 6.45) is 0. The lowest BCUT2D eigenvalue weighted by Gasteiger charge is -2.39. The van der Waals surface area contributed by atoms with Crippen molar-refractivity contribution in [3.05, 3.63) is 89.5 Å². The van der Waals surface area contributed by atoms with Gasteiger partial charge in [0.25, 0.3) is 5.91 Å². The number of rotatable bonds is 6. The van der Waals surface area contributed by atoms with Crippen molar-refractivity contribution in [2.24, 2.45) is 0 Å². The molecule has 0 fully saturated rings. The number of amides is 2. The van der Waals surface area contributed by atoms with Gasteiger partial charge in [0, 0.05) is 12.6 Å². The summed E-state index contributed by atoms with van der Waals surface area (Å²) in [5.74, 6) is 0.408. The molecule has 0 saturated carbocycles. The van der Waals surface area contributed by atoms with E-state index in [0.29, 0.717) is 34.9 Å². The summed E-state index contributed by atoms with van der Waals surface area (Å²) >= 11 is 0. The second-order valence-electron chi connectivity index (χ2n) is 7.62. The second kappa shape index (κ2) is 9.14. The van der Waals surface area contributed by atoms with E-state index in [0.717, 1.165) is 5.56 Å². The van der Waals surface area contributed by atoms with Gasteiger partial charge in [-0.15, -0.1) is 0 Å². The fraction of sp³-hybridized carbons (Fsp3) is 0.231. The zero-order chi connectivity index (χ0) is 22.7. The van der Waals surface area contributed by atoms with Crippen LogP contribution in [0.1, 0.15) is 40.4 Å². The van der Waals surface area contributed by atoms with Crippen molar-refractivity contribution in [3.63, 3.8) is 0 Å². The Morgan fingerprint density at radius 2 is 1.69 bits per heavy atom. The summed E-state index contributed by atoms with van der Waals surface area (Å²) in [6.45, 7) is 2.39. The maximum Gasteiger partial charge on any atom is 0.254 e. The van der Waals surface area contributed by atoms with Crippen LogP contribution in [0.2, 0.25) is 0 Å². The Hall–Kier alpha value is -3.80. The SMILES string of the molecule is CCOc1ccccc1NC(=O)[C@@H]1c2ccccc2C(=O)N(C)[C@@H]1c1ccc(OC)cc1. The standard InChI is InChI=1S/C26H26N2O4/c1-4-32-22-12-8-7-11-21(22)27-25(29)23-19-9-5-6-10-20(19)26(30)28(2)24(23)17-13-15-18(31-3)16-14-17/h5-16,23-24H,4H2,1-3H3,(H,27,29)/t23-,24-/m1/s1. The van der Waals surface area contributed by atoms with Crippen LogP contribution in [0.3, 0.4) is 0 Å². The number of ether oxygens (including phenoxy) is 2. The van der Waals surface area contributed by atoms with Gasteiger partial charge in [-0.2, -0.15) is 0 Å². The summed E-state index contributed by atoms with van der Waals surface area (Å²) in [5.41, 5.74) is 2.71. The molecule has 0 aromatic heterocycles. The van der Waals surface area contributed by atoms with Crippen molar-refractivity contribution in [1.82, 2.24) is 4.90 Å². The molecule has 6 nitrogen and oxygen atoms in total. The maximum atomic E-state index is 13.7. The monoisotopic (exact) mass is 430 g/mol. The number of anilines is 1. The number of hydrogen-bond acceptors (Lipinski definition) is 4. The first-order valence-corrected chi connectivity index (χ1v) is 10.6. The van der Waals surface area contributed by atoms with E-state index in [4.69, 9.17) is 9.47 Å². The molecule has 4 rings (SSSR count). The molecule has 164 valence electrons.